The Labute approximate surface area is 104 Å². The predicted molar refractivity (Wildman–Crippen MR) is 67.0 cm³/mol. The third-order valence-electron chi connectivity index (χ3n) is 1.98. The van der Waals surface area contributed by atoms with Crippen molar-refractivity contribution >= 4 is 23.8 Å². The minimum absolute atomic E-state index is 0.145. The van der Waals surface area contributed by atoms with Gasteiger partial charge in [-0.2, -0.15) is 0 Å². The van der Waals surface area contributed by atoms with Gasteiger partial charge in [0.15, 0.2) is 0 Å². The number of amides is 1. The number of nitrogens with one attached hydrogen (secondary N) is 1. The molecule has 1 atom stereocenters. The first-order valence-corrected chi connectivity index (χ1v) is 6.36. The molecule has 0 saturated heterocycles. The Balaban J connectivity index is 2.31. The topological polar surface area (TPSA) is 90.1 Å². The van der Waals surface area contributed by atoms with Crippen LogP contribution in [0.5, 0.6) is 0 Å². The van der Waals surface area contributed by atoms with Gasteiger partial charge in [-0.3, -0.25) is 0 Å². The number of nitrogens with zero attached hydrogens (tertiary/aromatic N) is 2. The average Bonchev–Trinajstić information content (AvgIpc) is 2.34. The summed E-state index contributed by atoms with van der Waals surface area (Å²) >= 11 is 1.59. The minimum Gasteiger partial charge on any atom is -0.449 e. The molecule has 0 spiro atoms. The number of hydrogen-bond acceptors (Lipinski definition) is 6. The summed E-state index contributed by atoms with van der Waals surface area (Å²) < 4.78 is 4.68. The maximum absolute atomic E-state index is 10.4. The summed E-state index contributed by atoms with van der Waals surface area (Å²) in [4.78, 5) is 19.7. The number of nitrogens with two attached hydrogens (primary N) is 1. The number of aromatic nitrogens is 2. The molecule has 1 aromatic heterocycles. The largest absolute Gasteiger partial charge is 0.449 e. The van der Waals surface area contributed by atoms with Crippen LogP contribution in [0.4, 0.5) is 10.7 Å². The van der Waals surface area contributed by atoms with Gasteiger partial charge in [-0.15, -0.1) is 11.8 Å². The number of rotatable bonds is 6. The second-order valence-electron chi connectivity index (χ2n) is 3.56. The van der Waals surface area contributed by atoms with Gasteiger partial charge in [-0.1, -0.05) is 6.92 Å². The standard InChI is InChI=1S/C10H16N4O2S/c1-7(6-16-9(11)15)3-12-10-13-4-8(17-2)5-14-10/h4-5,7H,3,6H2,1-2H3,(H2,11,15)(H,12,13,14). The van der Waals surface area contributed by atoms with Crippen molar-refractivity contribution in [2.24, 2.45) is 11.7 Å². The first-order valence-electron chi connectivity index (χ1n) is 5.14. The summed E-state index contributed by atoms with van der Waals surface area (Å²) in [5.74, 6) is 0.708. The molecule has 0 aromatic carbocycles. The molecule has 0 bridgehead atoms. The van der Waals surface area contributed by atoms with Gasteiger partial charge in [-0.05, 0) is 6.26 Å². The Hall–Kier alpha value is -1.50. The van der Waals surface area contributed by atoms with Crippen molar-refractivity contribution in [3.05, 3.63) is 12.4 Å². The van der Waals surface area contributed by atoms with Crippen LogP contribution in [0.3, 0.4) is 0 Å². The van der Waals surface area contributed by atoms with Crippen LogP contribution >= 0.6 is 11.8 Å². The number of carbonyl (C=O) groups excluding carboxylic acids is 1. The van der Waals surface area contributed by atoms with E-state index in [4.69, 9.17) is 5.73 Å². The van der Waals surface area contributed by atoms with Gasteiger partial charge in [0.25, 0.3) is 0 Å². The Morgan fingerprint density at radius 3 is 2.76 bits per heavy atom. The molecule has 1 rings (SSSR count). The highest BCUT2D eigenvalue weighted by molar-refractivity contribution is 7.98. The van der Waals surface area contributed by atoms with Crippen molar-refractivity contribution in [2.45, 2.75) is 11.8 Å². The number of hydrogen-bond donors (Lipinski definition) is 2. The molecule has 3 N–H and O–H groups in total. The number of thioether (sulfide) groups is 1. The Morgan fingerprint density at radius 2 is 2.24 bits per heavy atom. The van der Waals surface area contributed by atoms with E-state index in [9.17, 15) is 4.79 Å². The zero-order chi connectivity index (χ0) is 12.7. The van der Waals surface area contributed by atoms with E-state index >= 15 is 0 Å². The number of primary amides is 1. The van der Waals surface area contributed by atoms with E-state index in [0.717, 1.165) is 4.90 Å². The first kappa shape index (κ1) is 13.6. The van der Waals surface area contributed by atoms with Gasteiger partial charge in [0.2, 0.25) is 5.95 Å². The molecule has 0 aliphatic carbocycles. The third kappa shape index (κ3) is 5.39. The number of ether oxygens (including phenoxy) is 1. The minimum atomic E-state index is -0.752. The fourth-order valence-electron chi connectivity index (χ4n) is 1.06. The molecule has 0 aliphatic heterocycles. The van der Waals surface area contributed by atoms with Crippen molar-refractivity contribution in [3.63, 3.8) is 0 Å². The third-order valence-corrected chi connectivity index (χ3v) is 2.66. The van der Waals surface area contributed by atoms with Gasteiger partial charge in [-0.25, -0.2) is 14.8 Å². The van der Waals surface area contributed by atoms with Crippen molar-refractivity contribution < 1.29 is 9.53 Å². The summed E-state index contributed by atoms with van der Waals surface area (Å²) in [5, 5.41) is 3.06. The highest BCUT2D eigenvalue weighted by atomic mass is 32.2. The number of carbonyl (C=O) groups is 1. The molecule has 7 heteroatoms. The molecule has 1 amide bonds. The molecular weight excluding hydrogens is 240 g/mol. The summed E-state index contributed by atoms with van der Waals surface area (Å²) in [5.41, 5.74) is 4.87. The van der Waals surface area contributed by atoms with Crippen LogP contribution in [-0.2, 0) is 4.74 Å². The highest BCUT2D eigenvalue weighted by Gasteiger charge is 2.05. The van der Waals surface area contributed by atoms with Crippen LogP contribution in [0, 0.1) is 5.92 Å². The Kier molecular flexibility index (Phi) is 5.55. The van der Waals surface area contributed by atoms with Gasteiger partial charge in [0, 0.05) is 29.8 Å². The summed E-state index contributed by atoms with van der Waals surface area (Å²) in [7, 11) is 0. The normalized spacial score (nSPS) is 11.9. The summed E-state index contributed by atoms with van der Waals surface area (Å²) in [6.07, 6.45) is 4.72. The van der Waals surface area contributed by atoms with Crippen LogP contribution in [0.1, 0.15) is 6.92 Å². The average molecular weight is 256 g/mol. The van der Waals surface area contributed by atoms with Gasteiger partial charge in [0.05, 0.1) is 6.61 Å². The van der Waals surface area contributed by atoms with Crippen molar-refractivity contribution in [2.75, 3.05) is 24.7 Å². The SMILES string of the molecule is CSc1cnc(NCC(C)COC(N)=O)nc1. The van der Waals surface area contributed by atoms with Crippen LogP contribution in [0.25, 0.3) is 0 Å². The Bertz CT molecular complexity index is 358. The van der Waals surface area contributed by atoms with E-state index in [0.29, 0.717) is 12.5 Å². The monoisotopic (exact) mass is 256 g/mol. The second kappa shape index (κ2) is 6.95. The molecule has 0 radical (unpaired) electrons. The molecule has 94 valence electrons. The zero-order valence-electron chi connectivity index (χ0n) is 9.84. The lowest BCUT2D eigenvalue weighted by Crippen LogP contribution is -2.22. The Morgan fingerprint density at radius 1 is 1.59 bits per heavy atom. The second-order valence-corrected chi connectivity index (χ2v) is 4.44. The quantitative estimate of drug-likeness (QED) is 0.746. The summed E-state index contributed by atoms with van der Waals surface area (Å²) in [6, 6.07) is 0. The van der Waals surface area contributed by atoms with Gasteiger partial charge < -0.3 is 15.8 Å². The highest BCUT2D eigenvalue weighted by Crippen LogP contribution is 2.12. The van der Waals surface area contributed by atoms with Crippen molar-refractivity contribution in [1.29, 1.82) is 0 Å². The molecule has 17 heavy (non-hydrogen) atoms. The molecule has 1 heterocycles. The van der Waals surface area contributed by atoms with Crippen LogP contribution in [0.15, 0.2) is 17.3 Å². The van der Waals surface area contributed by atoms with E-state index < -0.39 is 6.09 Å². The lowest BCUT2D eigenvalue weighted by molar-refractivity contribution is 0.142. The van der Waals surface area contributed by atoms with E-state index in [1.165, 1.54) is 0 Å². The van der Waals surface area contributed by atoms with E-state index in [2.05, 4.69) is 20.0 Å². The molecule has 0 saturated carbocycles. The maximum atomic E-state index is 10.4. The van der Waals surface area contributed by atoms with Crippen molar-refractivity contribution in [1.82, 2.24) is 9.97 Å². The first-order chi connectivity index (χ1) is 8.11. The molecule has 6 nitrogen and oxygen atoms in total. The van der Waals surface area contributed by atoms with E-state index in [1.807, 2.05) is 13.2 Å². The van der Waals surface area contributed by atoms with Gasteiger partial charge in [0.1, 0.15) is 0 Å². The molecule has 1 aromatic rings. The fraction of sp³-hybridized carbons (Fsp3) is 0.500. The lowest BCUT2D eigenvalue weighted by Gasteiger charge is -2.11. The molecule has 0 aliphatic rings. The van der Waals surface area contributed by atoms with E-state index in [1.54, 1.807) is 24.2 Å². The lowest BCUT2D eigenvalue weighted by atomic mass is 10.2. The van der Waals surface area contributed by atoms with E-state index in [-0.39, 0.29) is 12.5 Å². The van der Waals surface area contributed by atoms with Crippen LogP contribution in [-0.4, -0.2) is 35.5 Å². The number of anilines is 1. The molecule has 1 unspecified atom stereocenters. The summed E-state index contributed by atoms with van der Waals surface area (Å²) in [6.45, 7) is 2.84. The zero-order valence-corrected chi connectivity index (χ0v) is 10.7. The fourth-order valence-corrected chi connectivity index (χ4v) is 1.38. The van der Waals surface area contributed by atoms with Crippen molar-refractivity contribution in [3.8, 4) is 0 Å². The van der Waals surface area contributed by atoms with Crippen LogP contribution < -0.4 is 11.1 Å². The molecule has 0 fully saturated rings. The van der Waals surface area contributed by atoms with Gasteiger partial charge >= 0.3 is 6.09 Å². The predicted octanol–water partition coefficient (Wildman–Crippen LogP) is 1.34. The smallest absolute Gasteiger partial charge is 0.404 e. The maximum Gasteiger partial charge on any atom is 0.404 e. The van der Waals surface area contributed by atoms with Crippen LogP contribution in [0.2, 0.25) is 0 Å². The molecular formula is C10H16N4O2S.